The van der Waals surface area contributed by atoms with Gasteiger partial charge in [0, 0.05) is 24.4 Å². The monoisotopic (exact) mass is 374 g/mol. The van der Waals surface area contributed by atoms with Crippen molar-refractivity contribution in [1.82, 2.24) is 0 Å². The standard InChI is InChI=1S/C22H18N2O4/c1-24-18-12-14(21(25)23-15-6-5-7-16(13-15)27-2)10-11-20(18)28-19-9-4-3-8-17(19)22(24)26/h3-13H,1-2H3,(H,23,25). The molecular formula is C22H18N2O4. The number of nitrogens with zero attached hydrogens (tertiary/aromatic N) is 1. The summed E-state index contributed by atoms with van der Waals surface area (Å²) in [5.41, 5.74) is 2.03. The summed E-state index contributed by atoms with van der Waals surface area (Å²) < 4.78 is 11.1. The molecule has 0 aromatic heterocycles. The Bertz CT molecular complexity index is 1080. The molecule has 3 aromatic carbocycles. The third-order valence-electron chi connectivity index (χ3n) is 4.55. The van der Waals surface area contributed by atoms with Gasteiger partial charge in [0.05, 0.1) is 18.4 Å². The van der Waals surface area contributed by atoms with Crippen molar-refractivity contribution in [2.75, 3.05) is 24.4 Å². The molecule has 0 atom stereocenters. The normalized spacial score (nSPS) is 12.4. The van der Waals surface area contributed by atoms with Gasteiger partial charge in [0.2, 0.25) is 0 Å². The van der Waals surface area contributed by atoms with Crippen molar-refractivity contribution >= 4 is 23.2 Å². The highest BCUT2D eigenvalue weighted by molar-refractivity contribution is 6.11. The van der Waals surface area contributed by atoms with Crippen LogP contribution < -0.4 is 19.7 Å². The molecule has 6 heteroatoms. The summed E-state index contributed by atoms with van der Waals surface area (Å²) in [6, 6.07) is 19.2. The number of hydrogen-bond acceptors (Lipinski definition) is 4. The van der Waals surface area contributed by atoms with Gasteiger partial charge in [-0.2, -0.15) is 0 Å². The lowest BCUT2D eigenvalue weighted by molar-refractivity contribution is 0.0990. The largest absolute Gasteiger partial charge is 0.497 e. The van der Waals surface area contributed by atoms with E-state index >= 15 is 0 Å². The van der Waals surface area contributed by atoms with Crippen molar-refractivity contribution < 1.29 is 19.1 Å². The first-order valence-corrected chi connectivity index (χ1v) is 8.71. The minimum Gasteiger partial charge on any atom is -0.497 e. The minimum atomic E-state index is -0.293. The van der Waals surface area contributed by atoms with Crippen LogP contribution in [0.4, 0.5) is 11.4 Å². The molecule has 2 amide bonds. The molecule has 3 aromatic rings. The Hall–Kier alpha value is -3.80. The number of rotatable bonds is 3. The molecule has 1 aliphatic heterocycles. The van der Waals surface area contributed by atoms with Gasteiger partial charge in [-0.15, -0.1) is 0 Å². The van der Waals surface area contributed by atoms with Crippen LogP contribution in [0.2, 0.25) is 0 Å². The van der Waals surface area contributed by atoms with E-state index in [1.54, 1.807) is 74.8 Å². The number of carbonyl (C=O) groups is 2. The first-order valence-electron chi connectivity index (χ1n) is 8.71. The summed E-state index contributed by atoms with van der Waals surface area (Å²) in [5.74, 6) is 1.17. The second-order valence-electron chi connectivity index (χ2n) is 6.33. The van der Waals surface area contributed by atoms with E-state index < -0.39 is 0 Å². The Morgan fingerprint density at radius 1 is 1.00 bits per heavy atom. The predicted octanol–water partition coefficient (Wildman–Crippen LogP) is 4.33. The number of amides is 2. The maximum Gasteiger partial charge on any atom is 0.261 e. The van der Waals surface area contributed by atoms with Crippen LogP contribution in [0.15, 0.2) is 66.7 Å². The van der Waals surface area contributed by atoms with E-state index in [2.05, 4.69) is 5.32 Å². The third kappa shape index (κ3) is 3.16. The van der Waals surface area contributed by atoms with E-state index in [1.165, 1.54) is 4.90 Å². The van der Waals surface area contributed by atoms with Crippen LogP contribution >= 0.6 is 0 Å². The van der Waals surface area contributed by atoms with E-state index in [9.17, 15) is 9.59 Å². The molecule has 0 fully saturated rings. The van der Waals surface area contributed by atoms with Crippen LogP contribution in [-0.2, 0) is 0 Å². The molecule has 4 rings (SSSR count). The van der Waals surface area contributed by atoms with E-state index in [0.717, 1.165) is 0 Å². The number of para-hydroxylation sites is 1. The van der Waals surface area contributed by atoms with Crippen LogP contribution in [-0.4, -0.2) is 26.0 Å². The number of carbonyl (C=O) groups excluding carboxylic acids is 2. The molecule has 140 valence electrons. The van der Waals surface area contributed by atoms with Gasteiger partial charge in [-0.1, -0.05) is 18.2 Å². The Morgan fingerprint density at radius 3 is 2.64 bits per heavy atom. The van der Waals surface area contributed by atoms with Crippen molar-refractivity contribution in [3.63, 3.8) is 0 Å². The maximum absolute atomic E-state index is 12.8. The quantitative estimate of drug-likeness (QED) is 0.741. The lowest BCUT2D eigenvalue weighted by Crippen LogP contribution is -2.25. The number of fused-ring (bicyclic) bond motifs is 2. The first kappa shape index (κ1) is 17.6. The summed E-state index contributed by atoms with van der Waals surface area (Å²) in [5, 5.41) is 2.84. The zero-order valence-electron chi connectivity index (χ0n) is 15.4. The Kier molecular flexibility index (Phi) is 4.45. The molecule has 1 N–H and O–H groups in total. The fourth-order valence-corrected chi connectivity index (χ4v) is 3.05. The third-order valence-corrected chi connectivity index (χ3v) is 4.55. The zero-order valence-corrected chi connectivity index (χ0v) is 15.4. The molecule has 1 aliphatic rings. The summed E-state index contributed by atoms with van der Waals surface area (Å²) >= 11 is 0. The van der Waals surface area contributed by atoms with Crippen LogP contribution in [0.5, 0.6) is 17.2 Å². The van der Waals surface area contributed by atoms with Crippen molar-refractivity contribution in [3.05, 3.63) is 77.9 Å². The van der Waals surface area contributed by atoms with Crippen molar-refractivity contribution in [2.45, 2.75) is 0 Å². The molecule has 0 spiro atoms. The second kappa shape index (κ2) is 7.08. The summed E-state index contributed by atoms with van der Waals surface area (Å²) in [4.78, 5) is 27.0. The highest BCUT2D eigenvalue weighted by Crippen LogP contribution is 2.38. The summed E-state index contributed by atoms with van der Waals surface area (Å²) in [6.45, 7) is 0. The highest BCUT2D eigenvalue weighted by Gasteiger charge is 2.26. The average molecular weight is 374 g/mol. The van der Waals surface area contributed by atoms with Crippen LogP contribution in [0.3, 0.4) is 0 Å². The first-order chi connectivity index (χ1) is 13.6. The van der Waals surface area contributed by atoms with Crippen LogP contribution in [0, 0.1) is 0 Å². The van der Waals surface area contributed by atoms with Gasteiger partial charge in [0.15, 0.2) is 5.75 Å². The van der Waals surface area contributed by atoms with E-state index in [0.29, 0.717) is 39.8 Å². The molecule has 28 heavy (non-hydrogen) atoms. The number of benzene rings is 3. The van der Waals surface area contributed by atoms with Gasteiger partial charge in [0.25, 0.3) is 11.8 Å². The number of ether oxygens (including phenoxy) is 2. The van der Waals surface area contributed by atoms with Gasteiger partial charge < -0.3 is 19.7 Å². The predicted molar refractivity (Wildman–Crippen MR) is 107 cm³/mol. The van der Waals surface area contributed by atoms with Crippen LogP contribution in [0.1, 0.15) is 20.7 Å². The van der Waals surface area contributed by atoms with Crippen molar-refractivity contribution in [1.29, 1.82) is 0 Å². The summed E-state index contributed by atoms with van der Waals surface area (Å²) in [7, 11) is 3.23. The lowest BCUT2D eigenvalue weighted by Gasteiger charge is -2.17. The summed E-state index contributed by atoms with van der Waals surface area (Å²) in [6.07, 6.45) is 0. The smallest absolute Gasteiger partial charge is 0.261 e. The Labute approximate surface area is 162 Å². The molecule has 0 saturated carbocycles. The van der Waals surface area contributed by atoms with Gasteiger partial charge in [-0.3, -0.25) is 9.59 Å². The van der Waals surface area contributed by atoms with E-state index in [1.807, 2.05) is 6.07 Å². The number of hydrogen-bond donors (Lipinski definition) is 1. The second-order valence-corrected chi connectivity index (χ2v) is 6.33. The molecule has 0 saturated heterocycles. The Morgan fingerprint density at radius 2 is 1.82 bits per heavy atom. The molecule has 0 radical (unpaired) electrons. The van der Waals surface area contributed by atoms with Gasteiger partial charge >= 0.3 is 0 Å². The van der Waals surface area contributed by atoms with Gasteiger partial charge in [0.1, 0.15) is 11.5 Å². The molecule has 6 nitrogen and oxygen atoms in total. The average Bonchev–Trinajstić information content (AvgIpc) is 2.83. The van der Waals surface area contributed by atoms with Gasteiger partial charge in [-0.25, -0.2) is 0 Å². The number of methoxy groups -OCH3 is 1. The zero-order chi connectivity index (χ0) is 19.7. The number of anilines is 2. The SMILES string of the molecule is COc1cccc(NC(=O)c2ccc3c(c2)N(C)C(=O)c2ccccc2O3)c1. The van der Waals surface area contributed by atoms with Crippen molar-refractivity contribution in [2.24, 2.45) is 0 Å². The van der Waals surface area contributed by atoms with E-state index in [4.69, 9.17) is 9.47 Å². The van der Waals surface area contributed by atoms with Gasteiger partial charge in [-0.05, 0) is 42.5 Å². The molecule has 1 heterocycles. The molecule has 0 bridgehead atoms. The highest BCUT2D eigenvalue weighted by atomic mass is 16.5. The lowest BCUT2D eigenvalue weighted by atomic mass is 10.1. The minimum absolute atomic E-state index is 0.195. The molecule has 0 aliphatic carbocycles. The maximum atomic E-state index is 12.8. The Balaban J connectivity index is 1.65. The fraction of sp³-hybridized carbons (Fsp3) is 0.0909. The van der Waals surface area contributed by atoms with E-state index in [-0.39, 0.29) is 11.8 Å². The number of nitrogens with one attached hydrogen (secondary N) is 1. The fourth-order valence-electron chi connectivity index (χ4n) is 3.05. The molecular weight excluding hydrogens is 356 g/mol. The van der Waals surface area contributed by atoms with Crippen molar-refractivity contribution in [3.8, 4) is 17.2 Å². The molecule has 0 unspecified atom stereocenters. The van der Waals surface area contributed by atoms with Crippen LogP contribution in [0.25, 0.3) is 0 Å². The topological polar surface area (TPSA) is 67.9 Å².